The minimum absolute atomic E-state index is 0.0129. The Hall–Kier alpha value is -2.86. The van der Waals surface area contributed by atoms with E-state index in [1.807, 2.05) is 23.1 Å². The Morgan fingerprint density at radius 1 is 1.15 bits per heavy atom. The van der Waals surface area contributed by atoms with Crippen molar-refractivity contribution < 1.29 is 14.3 Å². The molecule has 0 aliphatic carbocycles. The summed E-state index contributed by atoms with van der Waals surface area (Å²) in [6, 6.07) is 15.6. The van der Waals surface area contributed by atoms with Crippen LogP contribution in [0.2, 0.25) is 0 Å². The zero-order valence-electron chi connectivity index (χ0n) is 15.8. The van der Waals surface area contributed by atoms with Crippen LogP contribution >= 0.6 is 0 Å². The van der Waals surface area contributed by atoms with E-state index in [1.165, 1.54) is 12.7 Å². The predicted molar refractivity (Wildman–Crippen MR) is 106 cm³/mol. The van der Waals surface area contributed by atoms with Crippen molar-refractivity contribution in [3.05, 3.63) is 59.7 Å². The van der Waals surface area contributed by atoms with Crippen molar-refractivity contribution in [2.24, 2.45) is 0 Å². The number of rotatable bonds is 6. The van der Waals surface area contributed by atoms with Crippen LogP contribution in [0.5, 0.6) is 0 Å². The van der Waals surface area contributed by atoms with Gasteiger partial charge in [0, 0.05) is 38.1 Å². The lowest BCUT2D eigenvalue weighted by Gasteiger charge is -2.35. The number of benzene rings is 2. The Kier molecular flexibility index (Phi) is 6.08. The predicted octanol–water partition coefficient (Wildman–Crippen LogP) is 3.41. The molecule has 27 heavy (non-hydrogen) atoms. The third-order valence-corrected chi connectivity index (χ3v) is 4.51. The highest BCUT2D eigenvalue weighted by Crippen LogP contribution is 2.23. The van der Waals surface area contributed by atoms with Crippen LogP contribution in [0.25, 0.3) is 0 Å². The fourth-order valence-corrected chi connectivity index (χ4v) is 3.25. The second-order valence-electron chi connectivity index (χ2n) is 6.73. The molecule has 0 unspecified atom stereocenters. The van der Waals surface area contributed by atoms with Crippen molar-refractivity contribution >= 4 is 23.3 Å². The molecular formula is C21H25N3O3. The molecule has 1 aliphatic rings. The Morgan fingerprint density at radius 3 is 2.63 bits per heavy atom. The Bertz CT molecular complexity index is 805. The van der Waals surface area contributed by atoms with Gasteiger partial charge in [-0.05, 0) is 43.2 Å². The van der Waals surface area contributed by atoms with Gasteiger partial charge in [0.2, 0.25) is 5.91 Å². The first-order valence-electron chi connectivity index (χ1n) is 9.07. The maximum absolute atomic E-state index is 12.9. The summed E-state index contributed by atoms with van der Waals surface area (Å²) in [7, 11) is 1.48. The number of urea groups is 1. The molecule has 3 rings (SSSR count). The molecular weight excluding hydrogens is 342 g/mol. The highest BCUT2D eigenvalue weighted by atomic mass is 16.5. The number of amides is 3. The van der Waals surface area contributed by atoms with Gasteiger partial charge in [-0.15, -0.1) is 0 Å². The van der Waals surface area contributed by atoms with Crippen molar-refractivity contribution in [3.63, 3.8) is 0 Å². The van der Waals surface area contributed by atoms with E-state index in [0.717, 1.165) is 24.2 Å². The molecule has 3 amide bonds. The molecule has 0 radical (unpaired) electrons. The zero-order valence-corrected chi connectivity index (χ0v) is 15.8. The molecule has 0 atom stereocenters. The molecule has 0 aromatic heterocycles. The lowest BCUT2D eigenvalue weighted by Crippen LogP contribution is -2.49. The summed E-state index contributed by atoms with van der Waals surface area (Å²) in [5, 5.41) is 2.75. The normalized spacial score (nSPS) is 14.4. The summed E-state index contributed by atoms with van der Waals surface area (Å²) >= 11 is 0. The van der Waals surface area contributed by atoms with Gasteiger partial charge >= 0.3 is 6.03 Å². The molecule has 6 heteroatoms. The molecule has 0 saturated carbocycles. The summed E-state index contributed by atoms with van der Waals surface area (Å²) in [6.07, 6.45) is 0.921. The van der Waals surface area contributed by atoms with E-state index in [-0.39, 0.29) is 18.5 Å². The first-order chi connectivity index (χ1) is 13.1. The monoisotopic (exact) mass is 367 g/mol. The van der Waals surface area contributed by atoms with E-state index in [9.17, 15) is 9.59 Å². The van der Waals surface area contributed by atoms with Crippen LogP contribution < -0.4 is 10.2 Å². The van der Waals surface area contributed by atoms with Crippen LogP contribution in [0.1, 0.15) is 17.5 Å². The summed E-state index contributed by atoms with van der Waals surface area (Å²) in [4.78, 5) is 28.2. The molecule has 1 heterocycles. The Balaban J connectivity index is 1.67. The van der Waals surface area contributed by atoms with Crippen molar-refractivity contribution in [2.75, 3.05) is 37.0 Å². The summed E-state index contributed by atoms with van der Waals surface area (Å²) in [5.74, 6) is -0.205. The molecule has 0 bridgehead atoms. The van der Waals surface area contributed by atoms with Crippen LogP contribution in [0.15, 0.2) is 48.5 Å². The quantitative estimate of drug-likeness (QED) is 0.851. The number of anilines is 2. The molecule has 1 N–H and O–H groups in total. The summed E-state index contributed by atoms with van der Waals surface area (Å²) in [5.41, 5.74) is 3.85. The fourth-order valence-electron chi connectivity index (χ4n) is 3.25. The topological polar surface area (TPSA) is 61.9 Å². The average molecular weight is 367 g/mol. The Labute approximate surface area is 159 Å². The molecule has 6 nitrogen and oxygen atoms in total. The first-order valence-corrected chi connectivity index (χ1v) is 9.07. The Morgan fingerprint density at radius 2 is 1.93 bits per heavy atom. The molecule has 0 spiro atoms. The number of ether oxygens (including phenoxy) is 1. The van der Waals surface area contributed by atoms with Crippen molar-refractivity contribution in [3.8, 4) is 0 Å². The van der Waals surface area contributed by atoms with E-state index in [1.54, 1.807) is 17.0 Å². The van der Waals surface area contributed by atoms with Gasteiger partial charge in [0.1, 0.15) is 6.61 Å². The number of methoxy groups -OCH3 is 1. The third-order valence-electron chi connectivity index (χ3n) is 4.51. The van der Waals surface area contributed by atoms with Gasteiger partial charge in [0.15, 0.2) is 0 Å². The number of hydrogen-bond donors (Lipinski definition) is 1. The second kappa shape index (κ2) is 8.68. The number of hydrogen-bond acceptors (Lipinski definition) is 3. The number of carbonyl (C=O) groups excluding carboxylic acids is 2. The molecule has 142 valence electrons. The third kappa shape index (κ3) is 4.86. The maximum Gasteiger partial charge on any atom is 0.324 e. The van der Waals surface area contributed by atoms with Crippen LogP contribution in [-0.2, 0) is 16.1 Å². The molecule has 1 saturated heterocycles. The van der Waals surface area contributed by atoms with Gasteiger partial charge in [-0.1, -0.05) is 29.8 Å². The second-order valence-corrected chi connectivity index (χ2v) is 6.73. The highest BCUT2D eigenvalue weighted by molar-refractivity contribution is 5.94. The van der Waals surface area contributed by atoms with Gasteiger partial charge in [0.25, 0.3) is 0 Å². The van der Waals surface area contributed by atoms with Crippen LogP contribution in [0.3, 0.4) is 0 Å². The summed E-state index contributed by atoms with van der Waals surface area (Å²) < 4.78 is 4.81. The maximum atomic E-state index is 12.9. The highest BCUT2D eigenvalue weighted by Gasteiger charge is 2.26. The molecule has 2 aromatic carbocycles. The van der Waals surface area contributed by atoms with E-state index < -0.39 is 0 Å². The van der Waals surface area contributed by atoms with E-state index >= 15 is 0 Å². The van der Waals surface area contributed by atoms with Crippen LogP contribution in [-0.4, -0.2) is 43.6 Å². The average Bonchev–Trinajstić information content (AvgIpc) is 2.64. The minimum atomic E-state index is -0.205. The van der Waals surface area contributed by atoms with E-state index in [0.29, 0.717) is 18.8 Å². The number of aryl methyl sites for hydroxylation is 1. The largest absolute Gasteiger partial charge is 0.375 e. The smallest absolute Gasteiger partial charge is 0.324 e. The van der Waals surface area contributed by atoms with Crippen molar-refractivity contribution in [1.29, 1.82) is 0 Å². The van der Waals surface area contributed by atoms with Gasteiger partial charge in [-0.25, -0.2) is 4.79 Å². The van der Waals surface area contributed by atoms with Crippen LogP contribution in [0.4, 0.5) is 16.2 Å². The lowest BCUT2D eigenvalue weighted by atomic mass is 10.1. The van der Waals surface area contributed by atoms with Gasteiger partial charge in [0.05, 0.1) is 0 Å². The number of nitrogens with zero attached hydrogens (tertiary/aromatic N) is 2. The van der Waals surface area contributed by atoms with E-state index in [4.69, 9.17) is 4.74 Å². The molecule has 1 aliphatic heterocycles. The first kappa shape index (κ1) is 18.9. The summed E-state index contributed by atoms with van der Waals surface area (Å²) in [6.45, 7) is 4.14. The number of carbonyl (C=O) groups is 2. The van der Waals surface area contributed by atoms with E-state index in [2.05, 4.69) is 30.4 Å². The lowest BCUT2D eigenvalue weighted by molar-refractivity contribution is -0.119. The van der Waals surface area contributed by atoms with Crippen LogP contribution in [0, 0.1) is 6.92 Å². The van der Waals surface area contributed by atoms with Gasteiger partial charge in [-0.2, -0.15) is 0 Å². The van der Waals surface area contributed by atoms with Crippen molar-refractivity contribution in [2.45, 2.75) is 19.9 Å². The fraction of sp³-hybridized carbons (Fsp3) is 0.333. The SMILES string of the molecule is COCC(=O)Nc1ccc(N2CCCN(Cc3cccc(C)c3)C2=O)cc1. The minimum Gasteiger partial charge on any atom is -0.375 e. The van der Waals surface area contributed by atoms with Crippen molar-refractivity contribution in [1.82, 2.24) is 4.90 Å². The standard InChI is InChI=1S/C21H25N3O3/c1-16-5-3-6-17(13-16)14-23-11-4-12-24(21(23)26)19-9-7-18(8-10-19)22-20(25)15-27-2/h3,5-10,13H,4,11-12,14-15H2,1-2H3,(H,22,25). The van der Waals surface area contributed by atoms with Gasteiger partial charge in [-0.3, -0.25) is 9.69 Å². The van der Waals surface area contributed by atoms with Gasteiger partial charge < -0.3 is 15.0 Å². The zero-order chi connectivity index (χ0) is 19.2. The molecule has 1 fully saturated rings. The molecule has 2 aromatic rings. The number of nitrogens with one attached hydrogen (secondary N) is 1.